The van der Waals surface area contributed by atoms with Crippen LogP contribution < -0.4 is 16.4 Å². The average Bonchev–Trinajstić information content (AvgIpc) is 2.19. The smallest absolute Gasteiger partial charge is 0.408 e. The molecule has 104 valence electrons. The monoisotopic (exact) mass is 259 g/mol. The Morgan fingerprint density at radius 1 is 1.17 bits per heavy atom. The molecule has 0 radical (unpaired) electrons. The van der Waals surface area contributed by atoms with Crippen molar-refractivity contribution in [2.75, 3.05) is 13.1 Å². The number of alkyl carbamates (subject to hydrolysis) is 1. The summed E-state index contributed by atoms with van der Waals surface area (Å²) < 4.78 is 4.95. The lowest BCUT2D eigenvalue weighted by molar-refractivity contribution is -0.121. The van der Waals surface area contributed by atoms with Crippen LogP contribution in [0, 0.1) is 0 Å². The molecular formula is C11H21N3O4. The van der Waals surface area contributed by atoms with Crippen molar-refractivity contribution >= 4 is 17.9 Å². The number of hydrogen-bond donors (Lipinski definition) is 3. The zero-order valence-electron chi connectivity index (χ0n) is 11.0. The first-order valence-corrected chi connectivity index (χ1v) is 5.72. The van der Waals surface area contributed by atoms with Crippen LogP contribution in [0.2, 0.25) is 0 Å². The summed E-state index contributed by atoms with van der Waals surface area (Å²) in [6.45, 7) is 5.38. The van der Waals surface area contributed by atoms with E-state index in [9.17, 15) is 14.4 Å². The summed E-state index contributed by atoms with van der Waals surface area (Å²) in [7, 11) is 0. The quantitative estimate of drug-likeness (QED) is 0.578. The van der Waals surface area contributed by atoms with Crippen LogP contribution in [0.15, 0.2) is 0 Å². The van der Waals surface area contributed by atoms with Gasteiger partial charge in [0.2, 0.25) is 11.8 Å². The number of ether oxygens (including phenoxy) is 1. The van der Waals surface area contributed by atoms with Gasteiger partial charge in [0.25, 0.3) is 0 Å². The lowest BCUT2D eigenvalue weighted by Gasteiger charge is -2.19. The number of rotatable bonds is 6. The second-order valence-electron chi connectivity index (χ2n) is 4.78. The highest BCUT2D eigenvalue weighted by atomic mass is 16.6. The normalized spacial score (nSPS) is 10.6. The molecule has 7 nitrogen and oxygen atoms in total. The van der Waals surface area contributed by atoms with Crippen LogP contribution in [-0.4, -0.2) is 36.6 Å². The summed E-state index contributed by atoms with van der Waals surface area (Å²) in [6, 6.07) is 0. The summed E-state index contributed by atoms with van der Waals surface area (Å²) in [5.74, 6) is -0.749. The maximum Gasteiger partial charge on any atom is 0.408 e. The SMILES string of the molecule is CC(C)(C)OC(=O)NCC(=O)NCCCC(N)=O. The minimum atomic E-state index is -0.644. The molecular weight excluding hydrogens is 238 g/mol. The fraction of sp³-hybridized carbons (Fsp3) is 0.727. The molecule has 0 fully saturated rings. The summed E-state index contributed by atoms with van der Waals surface area (Å²) in [5.41, 5.74) is 4.35. The van der Waals surface area contributed by atoms with Gasteiger partial charge in [0.1, 0.15) is 5.60 Å². The van der Waals surface area contributed by atoms with Gasteiger partial charge in [-0.05, 0) is 27.2 Å². The predicted molar refractivity (Wildman–Crippen MR) is 65.7 cm³/mol. The Balaban J connectivity index is 3.64. The maximum absolute atomic E-state index is 11.3. The molecule has 0 aliphatic carbocycles. The number of nitrogens with one attached hydrogen (secondary N) is 2. The van der Waals surface area contributed by atoms with E-state index in [0.717, 1.165) is 0 Å². The van der Waals surface area contributed by atoms with Crippen LogP contribution in [0.5, 0.6) is 0 Å². The number of hydrogen-bond acceptors (Lipinski definition) is 4. The van der Waals surface area contributed by atoms with Crippen molar-refractivity contribution in [1.82, 2.24) is 10.6 Å². The Hall–Kier alpha value is -1.79. The largest absolute Gasteiger partial charge is 0.444 e. The van der Waals surface area contributed by atoms with Crippen LogP contribution in [-0.2, 0) is 14.3 Å². The summed E-state index contributed by atoms with van der Waals surface area (Å²) in [4.78, 5) is 32.9. The van der Waals surface area contributed by atoms with Crippen LogP contribution in [0.1, 0.15) is 33.6 Å². The lowest BCUT2D eigenvalue weighted by atomic mass is 10.2. The maximum atomic E-state index is 11.3. The number of carbonyl (C=O) groups is 3. The third-order valence-corrected chi connectivity index (χ3v) is 1.71. The van der Waals surface area contributed by atoms with E-state index < -0.39 is 17.6 Å². The standard InChI is InChI=1S/C11H21N3O4/c1-11(2,3)18-10(17)14-7-9(16)13-6-4-5-8(12)15/h4-7H2,1-3H3,(H2,12,15)(H,13,16)(H,14,17). The highest BCUT2D eigenvalue weighted by Gasteiger charge is 2.16. The molecule has 0 saturated carbocycles. The molecule has 0 spiro atoms. The van der Waals surface area contributed by atoms with Gasteiger partial charge in [0.15, 0.2) is 0 Å². The molecule has 0 aromatic rings. The van der Waals surface area contributed by atoms with E-state index in [-0.39, 0.29) is 18.9 Å². The molecule has 0 unspecified atom stereocenters. The topological polar surface area (TPSA) is 111 Å². The van der Waals surface area contributed by atoms with Gasteiger partial charge in [0, 0.05) is 13.0 Å². The Labute approximate surface area is 106 Å². The Morgan fingerprint density at radius 3 is 2.28 bits per heavy atom. The van der Waals surface area contributed by atoms with Gasteiger partial charge in [-0.3, -0.25) is 9.59 Å². The van der Waals surface area contributed by atoms with Crippen molar-refractivity contribution in [3.05, 3.63) is 0 Å². The number of nitrogens with two attached hydrogens (primary N) is 1. The molecule has 0 aliphatic rings. The molecule has 0 aliphatic heterocycles. The molecule has 7 heteroatoms. The number of carbonyl (C=O) groups excluding carboxylic acids is 3. The van der Waals surface area contributed by atoms with E-state index in [2.05, 4.69) is 10.6 Å². The van der Waals surface area contributed by atoms with E-state index in [4.69, 9.17) is 10.5 Å². The first-order chi connectivity index (χ1) is 8.20. The zero-order valence-corrected chi connectivity index (χ0v) is 11.0. The van der Waals surface area contributed by atoms with Crippen LogP contribution in [0.25, 0.3) is 0 Å². The number of amides is 3. The molecule has 0 aromatic heterocycles. The third kappa shape index (κ3) is 10.7. The van der Waals surface area contributed by atoms with Crippen LogP contribution in [0.4, 0.5) is 4.79 Å². The second kappa shape index (κ2) is 7.52. The van der Waals surface area contributed by atoms with Gasteiger partial charge in [-0.25, -0.2) is 4.79 Å². The van der Waals surface area contributed by atoms with Crippen molar-refractivity contribution in [3.8, 4) is 0 Å². The predicted octanol–water partition coefficient (Wildman–Crippen LogP) is -0.107. The summed E-state index contributed by atoms with van der Waals surface area (Å²) in [5, 5.41) is 4.86. The van der Waals surface area contributed by atoms with Crippen molar-refractivity contribution < 1.29 is 19.1 Å². The molecule has 3 amide bonds. The first-order valence-electron chi connectivity index (χ1n) is 5.72. The van der Waals surface area contributed by atoms with E-state index in [1.807, 2.05) is 0 Å². The Morgan fingerprint density at radius 2 is 1.78 bits per heavy atom. The van der Waals surface area contributed by atoms with E-state index in [1.165, 1.54) is 0 Å². The molecule has 0 aromatic carbocycles. The van der Waals surface area contributed by atoms with Gasteiger partial charge in [0.05, 0.1) is 6.54 Å². The Kier molecular flexibility index (Phi) is 6.77. The average molecular weight is 259 g/mol. The van der Waals surface area contributed by atoms with Crippen molar-refractivity contribution in [2.24, 2.45) is 5.73 Å². The molecule has 0 bridgehead atoms. The molecule has 0 saturated heterocycles. The fourth-order valence-corrected chi connectivity index (χ4v) is 1.02. The van der Waals surface area contributed by atoms with Crippen molar-refractivity contribution in [1.29, 1.82) is 0 Å². The molecule has 4 N–H and O–H groups in total. The zero-order chi connectivity index (χ0) is 14.2. The third-order valence-electron chi connectivity index (χ3n) is 1.71. The highest BCUT2D eigenvalue weighted by Crippen LogP contribution is 2.05. The summed E-state index contributed by atoms with van der Waals surface area (Å²) in [6.07, 6.45) is 0.0580. The molecule has 18 heavy (non-hydrogen) atoms. The van der Waals surface area contributed by atoms with Crippen molar-refractivity contribution in [3.63, 3.8) is 0 Å². The van der Waals surface area contributed by atoms with Crippen LogP contribution >= 0.6 is 0 Å². The van der Waals surface area contributed by atoms with Crippen molar-refractivity contribution in [2.45, 2.75) is 39.2 Å². The van der Waals surface area contributed by atoms with Gasteiger partial charge in [-0.1, -0.05) is 0 Å². The van der Waals surface area contributed by atoms with E-state index >= 15 is 0 Å². The summed E-state index contributed by atoms with van der Waals surface area (Å²) >= 11 is 0. The fourth-order valence-electron chi connectivity index (χ4n) is 1.02. The molecule has 0 rings (SSSR count). The highest BCUT2D eigenvalue weighted by molar-refractivity contribution is 5.82. The minimum Gasteiger partial charge on any atom is -0.444 e. The van der Waals surface area contributed by atoms with Gasteiger partial charge >= 0.3 is 6.09 Å². The molecule has 0 heterocycles. The Bertz CT molecular complexity index is 310. The van der Waals surface area contributed by atoms with Gasteiger partial charge in [-0.2, -0.15) is 0 Å². The van der Waals surface area contributed by atoms with Crippen LogP contribution in [0.3, 0.4) is 0 Å². The van der Waals surface area contributed by atoms with Gasteiger partial charge in [-0.15, -0.1) is 0 Å². The van der Waals surface area contributed by atoms with E-state index in [0.29, 0.717) is 13.0 Å². The van der Waals surface area contributed by atoms with Gasteiger partial charge < -0.3 is 21.1 Å². The second-order valence-corrected chi connectivity index (χ2v) is 4.78. The minimum absolute atomic E-state index is 0.161. The van der Waals surface area contributed by atoms with E-state index in [1.54, 1.807) is 20.8 Å². The first kappa shape index (κ1) is 16.2. The lowest BCUT2D eigenvalue weighted by Crippen LogP contribution is -2.40. The number of primary amides is 1. The molecule has 0 atom stereocenters.